The number of rotatable bonds is 5. The third-order valence-corrected chi connectivity index (χ3v) is 4.57. The summed E-state index contributed by atoms with van der Waals surface area (Å²) >= 11 is 0. The molecule has 1 fully saturated rings. The monoisotopic (exact) mass is 328 g/mol. The Morgan fingerprint density at radius 1 is 1.42 bits per heavy atom. The molecule has 0 spiro atoms. The van der Waals surface area contributed by atoms with Crippen LogP contribution in [0.4, 0.5) is 0 Å². The van der Waals surface area contributed by atoms with Crippen LogP contribution in [0.2, 0.25) is 0 Å². The number of para-hydroxylation sites is 1. The summed E-state index contributed by atoms with van der Waals surface area (Å²) in [5.41, 5.74) is 2.74. The number of ether oxygens (including phenoxy) is 1. The number of nitrogens with zero attached hydrogens (tertiary/aromatic N) is 3. The Morgan fingerprint density at radius 2 is 2.21 bits per heavy atom. The van der Waals surface area contributed by atoms with Gasteiger partial charge in [0.25, 0.3) is 5.91 Å². The molecule has 2 aromatic rings. The molecule has 1 saturated heterocycles. The van der Waals surface area contributed by atoms with E-state index in [2.05, 4.69) is 21.2 Å². The van der Waals surface area contributed by atoms with Gasteiger partial charge in [-0.25, -0.2) is 0 Å². The number of hydrogen-bond acceptors (Lipinski definition) is 4. The molecule has 1 amide bonds. The number of likely N-dealkylation sites (tertiary alicyclic amines) is 1. The standard InChI is InChI=1S/C18H24N4O2/c1-21(2)18(23)14-11-19-20-17(14)15-8-6-10-22(15)12-13-7-4-5-9-16(13)24-3/h4-5,7,9,11,15H,6,8,10,12H2,1-3H3,(H,19,20). The highest BCUT2D eigenvalue weighted by Gasteiger charge is 2.31. The second-order valence-corrected chi connectivity index (χ2v) is 6.34. The summed E-state index contributed by atoms with van der Waals surface area (Å²) in [6.07, 6.45) is 3.76. The summed E-state index contributed by atoms with van der Waals surface area (Å²) < 4.78 is 5.47. The fourth-order valence-corrected chi connectivity index (χ4v) is 3.36. The van der Waals surface area contributed by atoms with Crippen molar-refractivity contribution in [2.75, 3.05) is 27.7 Å². The van der Waals surface area contributed by atoms with Crippen LogP contribution in [0.25, 0.3) is 0 Å². The molecule has 3 rings (SSSR count). The lowest BCUT2D eigenvalue weighted by Crippen LogP contribution is -2.27. The van der Waals surface area contributed by atoms with Crippen LogP contribution < -0.4 is 4.74 Å². The normalized spacial score (nSPS) is 17.9. The lowest BCUT2D eigenvalue weighted by molar-refractivity contribution is 0.0824. The first-order chi connectivity index (χ1) is 11.6. The number of methoxy groups -OCH3 is 1. The summed E-state index contributed by atoms with van der Waals surface area (Å²) in [5.74, 6) is 0.889. The zero-order valence-corrected chi connectivity index (χ0v) is 14.5. The van der Waals surface area contributed by atoms with E-state index in [1.807, 2.05) is 18.2 Å². The van der Waals surface area contributed by atoms with E-state index in [-0.39, 0.29) is 11.9 Å². The molecule has 0 radical (unpaired) electrons. The third-order valence-electron chi connectivity index (χ3n) is 4.57. The van der Waals surface area contributed by atoms with Gasteiger partial charge >= 0.3 is 0 Å². The van der Waals surface area contributed by atoms with Gasteiger partial charge in [-0.1, -0.05) is 18.2 Å². The molecule has 1 atom stereocenters. The average molecular weight is 328 g/mol. The minimum absolute atomic E-state index is 0.0112. The van der Waals surface area contributed by atoms with Crippen LogP contribution in [0.1, 0.15) is 40.5 Å². The van der Waals surface area contributed by atoms with Crippen LogP contribution in [-0.4, -0.2) is 53.7 Å². The molecule has 1 unspecified atom stereocenters. The number of H-pyrrole nitrogens is 1. The molecular formula is C18H24N4O2. The fourth-order valence-electron chi connectivity index (χ4n) is 3.36. The van der Waals surface area contributed by atoms with Crippen LogP contribution in [-0.2, 0) is 6.54 Å². The van der Waals surface area contributed by atoms with Gasteiger partial charge in [-0.05, 0) is 25.5 Å². The van der Waals surface area contributed by atoms with Crippen molar-refractivity contribution in [2.45, 2.75) is 25.4 Å². The minimum atomic E-state index is -0.0112. The van der Waals surface area contributed by atoms with Crippen molar-refractivity contribution >= 4 is 5.91 Å². The van der Waals surface area contributed by atoms with Gasteiger partial charge in [0.1, 0.15) is 5.75 Å². The van der Waals surface area contributed by atoms with Gasteiger partial charge in [-0.15, -0.1) is 0 Å². The molecule has 1 aliphatic heterocycles. The van der Waals surface area contributed by atoms with Crippen LogP contribution in [0, 0.1) is 0 Å². The molecule has 0 aliphatic carbocycles. The number of carbonyl (C=O) groups is 1. The van der Waals surface area contributed by atoms with E-state index in [0.717, 1.165) is 42.9 Å². The lowest BCUT2D eigenvalue weighted by Gasteiger charge is -2.25. The van der Waals surface area contributed by atoms with Crippen molar-refractivity contribution in [2.24, 2.45) is 0 Å². The number of carbonyl (C=O) groups excluding carboxylic acids is 1. The molecule has 6 nitrogen and oxygen atoms in total. The van der Waals surface area contributed by atoms with Crippen molar-refractivity contribution in [3.63, 3.8) is 0 Å². The number of aromatic nitrogens is 2. The van der Waals surface area contributed by atoms with E-state index in [0.29, 0.717) is 5.56 Å². The van der Waals surface area contributed by atoms with Crippen LogP contribution in [0.15, 0.2) is 30.5 Å². The van der Waals surface area contributed by atoms with Crippen molar-refractivity contribution < 1.29 is 9.53 Å². The molecule has 2 heterocycles. The Morgan fingerprint density at radius 3 is 2.96 bits per heavy atom. The molecule has 0 bridgehead atoms. The smallest absolute Gasteiger partial charge is 0.256 e. The van der Waals surface area contributed by atoms with E-state index in [4.69, 9.17) is 4.74 Å². The molecule has 0 saturated carbocycles. The second-order valence-electron chi connectivity index (χ2n) is 6.34. The molecule has 24 heavy (non-hydrogen) atoms. The fraction of sp³-hybridized carbons (Fsp3) is 0.444. The van der Waals surface area contributed by atoms with E-state index in [9.17, 15) is 4.79 Å². The van der Waals surface area contributed by atoms with Gasteiger partial charge in [0.05, 0.1) is 30.6 Å². The Hall–Kier alpha value is -2.34. The largest absolute Gasteiger partial charge is 0.496 e. The van der Waals surface area contributed by atoms with E-state index >= 15 is 0 Å². The maximum Gasteiger partial charge on any atom is 0.256 e. The Balaban J connectivity index is 1.84. The molecule has 1 N–H and O–H groups in total. The predicted octanol–water partition coefficient (Wildman–Crippen LogP) is 2.46. The Kier molecular flexibility index (Phi) is 4.85. The highest BCUT2D eigenvalue weighted by Crippen LogP contribution is 2.35. The number of hydrogen-bond donors (Lipinski definition) is 1. The zero-order valence-electron chi connectivity index (χ0n) is 14.5. The minimum Gasteiger partial charge on any atom is -0.496 e. The van der Waals surface area contributed by atoms with Crippen molar-refractivity contribution in [1.82, 2.24) is 20.0 Å². The maximum absolute atomic E-state index is 12.4. The van der Waals surface area contributed by atoms with Gasteiger partial charge in [0.2, 0.25) is 0 Å². The van der Waals surface area contributed by atoms with E-state index in [1.165, 1.54) is 0 Å². The Labute approximate surface area is 142 Å². The number of nitrogens with one attached hydrogen (secondary N) is 1. The SMILES string of the molecule is COc1ccccc1CN1CCCC1c1[nH]ncc1C(=O)N(C)C. The van der Waals surface area contributed by atoms with Crippen molar-refractivity contribution in [3.05, 3.63) is 47.3 Å². The summed E-state index contributed by atoms with van der Waals surface area (Å²) in [4.78, 5) is 16.4. The number of benzene rings is 1. The lowest BCUT2D eigenvalue weighted by atomic mass is 10.1. The van der Waals surface area contributed by atoms with Crippen molar-refractivity contribution in [3.8, 4) is 5.75 Å². The quantitative estimate of drug-likeness (QED) is 0.916. The van der Waals surface area contributed by atoms with E-state index in [1.54, 1.807) is 32.3 Å². The first-order valence-electron chi connectivity index (χ1n) is 8.22. The average Bonchev–Trinajstić information content (AvgIpc) is 3.23. The van der Waals surface area contributed by atoms with Gasteiger partial charge in [-0.3, -0.25) is 14.8 Å². The number of aromatic amines is 1. The summed E-state index contributed by atoms with van der Waals surface area (Å²) in [6, 6.07) is 8.26. The van der Waals surface area contributed by atoms with Gasteiger partial charge in [0.15, 0.2) is 0 Å². The molecule has 1 aliphatic rings. The first-order valence-corrected chi connectivity index (χ1v) is 8.22. The van der Waals surface area contributed by atoms with Crippen LogP contribution >= 0.6 is 0 Å². The van der Waals surface area contributed by atoms with Crippen LogP contribution in [0.5, 0.6) is 5.75 Å². The van der Waals surface area contributed by atoms with Crippen LogP contribution in [0.3, 0.4) is 0 Å². The highest BCUT2D eigenvalue weighted by atomic mass is 16.5. The zero-order chi connectivity index (χ0) is 17.1. The molecule has 1 aromatic carbocycles. The molecule has 1 aromatic heterocycles. The number of amides is 1. The maximum atomic E-state index is 12.4. The summed E-state index contributed by atoms with van der Waals surface area (Å²) in [7, 11) is 5.23. The topological polar surface area (TPSA) is 61.5 Å². The second kappa shape index (κ2) is 7.05. The highest BCUT2D eigenvalue weighted by molar-refractivity contribution is 5.94. The van der Waals surface area contributed by atoms with Gasteiger partial charge < -0.3 is 9.64 Å². The van der Waals surface area contributed by atoms with Gasteiger partial charge in [0, 0.05) is 26.2 Å². The first kappa shape index (κ1) is 16.5. The Bertz CT molecular complexity index is 711. The van der Waals surface area contributed by atoms with Gasteiger partial charge in [-0.2, -0.15) is 5.10 Å². The molecular weight excluding hydrogens is 304 g/mol. The summed E-state index contributed by atoms with van der Waals surface area (Å²) in [6.45, 7) is 1.79. The van der Waals surface area contributed by atoms with E-state index < -0.39 is 0 Å². The summed E-state index contributed by atoms with van der Waals surface area (Å²) in [5, 5.41) is 7.18. The van der Waals surface area contributed by atoms with Crippen molar-refractivity contribution in [1.29, 1.82) is 0 Å². The predicted molar refractivity (Wildman–Crippen MR) is 92.0 cm³/mol. The molecule has 6 heteroatoms. The molecule has 128 valence electrons. The third kappa shape index (κ3) is 3.14.